The minimum absolute atomic E-state index is 0.0457. The van der Waals surface area contributed by atoms with Crippen molar-refractivity contribution in [1.29, 1.82) is 0 Å². The van der Waals surface area contributed by atoms with Crippen molar-refractivity contribution in [3.05, 3.63) is 97.1 Å². The maximum absolute atomic E-state index is 14.7. The summed E-state index contributed by atoms with van der Waals surface area (Å²) < 4.78 is -0.732. The van der Waals surface area contributed by atoms with Crippen LogP contribution in [-0.2, 0) is 27.3 Å². The number of benzene rings is 2. The molecule has 3 aliphatic rings. The first-order valence-corrected chi connectivity index (χ1v) is 16.1. The van der Waals surface area contributed by atoms with E-state index in [-0.39, 0.29) is 35.6 Å². The molecule has 0 aromatic heterocycles. The molecule has 0 saturated carbocycles. The molecule has 8 heteroatoms. The van der Waals surface area contributed by atoms with Crippen LogP contribution in [0.1, 0.15) is 37.8 Å². The maximum atomic E-state index is 14.7. The zero-order valence-corrected chi connectivity index (χ0v) is 26.0. The zero-order valence-electron chi connectivity index (χ0n) is 25.2. The molecule has 3 saturated heterocycles. The van der Waals surface area contributed by atoms with Crippen molar-refractivity contribution in [2.24, 2.45) is 11.8 Å². The van der Waals surface area contributed by atoms with Crippen molar-refractivity contribution in [3.63, 3.8) is 0 Å². The normalized spacial score (nSPS) is 26.3. The molecular formula is C35H43N3O4S. The predicted molar refractivity (Wildman–Crippen MR) is 171 cm³/mol. The summed E-state index contributed by atoms with van der Waals surface area (Å²) in [5, 5.41) is 10.7. The van der Waals surface area contributed by atoms with E-state index < -0.39 is 28.7 Å². The van der Waals surface area contributed by atoms with Crippen LogP contribution in [0.5, 0.6) is 0 Å². The Balaban J connectivity index is 1.55. The first-order chi connectivity index (χ1) is 20.8. The van der Waals surface area contributed by atoms with Gasteiger partial charge in [0.2, 0.25) is 17.7 Å². The molecule has 6 atom stereocenters. The maximum Gasteiger partial charge on any atom is 0.247 e. The molecular weight excluding hydrogens is 558 g/mol. The number of nitrogens with zero attached hydrogens (tertiary/aromatic N) is 3. The molecule has 2 aromatic rings. The first-order valence-electron chi connectivity index (χ1n) is 15.3. The van der Waals surface area contributed by atoms with Gasteiger partial charge in [-0.15, -0.1) is 24.9 Å². The topological polar surface area (TPSA) is 81.2 Å². The van der Waals surface area contributed by atoms with Gasteiger partial charge in [-0.25, -0.2) is 0 Å². The quantitative estimate of drug-likeness (QED) is 0.346. The third-order valence-electron chi connectivity index (χ3n) is 9.29. The van der Waals surface area contributed by atoms with Crippen LogP contribution in [0.25, 0.3) is 0 Å². The fourth-order valence-electron chi connectivity index (χ4n) is 7.44. The van der Waals surface area contributed by atoms with E-state index in [9.17, 15) is 19.5 Å². The van der Waals surface area contributed by atoms with Gasteiger partial charge in [0, 0.05) is 30.9 Å². The molecule has 3 heterocycles. The number of thioether (sulfide) groups is 1. The Kier molecular flexibility index (Phi) is 9.47. The lowest BCUT2D eigenvalue weighted by molar-refractivity contribution is -0.147. The van der Waals surface area contributed by atoms with E-state index >= 15 is 0 Å². The Morgan fingerprint density at radius 2 is 1.65 bits per heavy atom. The van der Waals surface area contributed by atoms with Gasteiger partial charge in [0.1, 0.15) is 6.04 Å². The van der Waals surface area contributed by atoms with Gasteiger partial charge >= 0.3 is 0 Å². The first kappa shape index (κ1) is 31.1. The predicted octanol–water partition coefficient (Wildman–Crippen LogP) is 4.32. The Bertz CT molecular complexity index is 1340. The van der Waals surface area contributed by atoms with Gasteiger partial charge in [-0.05, 0) is 44.2 Å². The van der Waals surface area contributed by atoms with E-state index in [1.165, 1.54) is 0 Å². The van der Waals surface area contributed by atoms with Crippen LogP contribution in [0.4, 0.5) is 0 Å². The molecule has 2 bridgehead atoms. The Hall–Kier alpha value is -3.36. The summed E-state index contributed by atoms with van der Waals surface area (Å²) in [5.41, 5.74) is 1.99. The van der Waals surface area contributed by atoms with Gasteiger partial charge in [0.25, 0.3) is 0 Å². The third kappa shape index (κ3) is 5.67. The fraction of sp³-hybridized carbons (Fsp3) is 0.457. The average Bonchev–Trinajstić information content (AvgIpc) is 3.66. The highest BCUT2D eigenvalue weighted by molar-refractivity contribution is 8.02. The minimum Gasteiger partial charge on any atom is -0.394 e. The summed E-state index contributed by atoms with van der Waals surface area (Å²) >= 11 is 1.66. The number of carbonyl (C=O) groups is 3. The lowest BCUT2D eigenvalue weighted by atomic mass is 9.70. The van der Waals surface area contributed by atoms with Gasteiger partial charge in [-0.1, -0.05) is 72.8 Å². The second kappa shape index (κ2) is 13.1. The minimum atomic E-state index is -0.775. The van der Waals surface area contributed by atoms with Crippen LogP contribution < -0.4 is 0 Å². The summed E-state index contributed by atoms with van der Waals surface area (Å²) in [6.07, 6.45) is 5.30. The van der Waals surface area contributed by atoms with E-state index in [0.29, 0.717) is 32.5 Å². The Morgan fingerprint density at radius 3 is 2.23 bits per heavy atom. The number of hydrogen-bond acceptors (Lipinski definition) is 5. The van der Waals surface area contributed by atoms with Crippen LogP contribution in [0.15, 0.2) is 86.0 Å². The summed E-state index contributed by atoms with van der Waals surface area (Å²) in [6, 6.07) is 18.1. The molecule has 0 aliphatic carbocycles. The highest BCUT2D eigenvalue weighted by Gasteiger charge is 2.74. The third-order valence-corrected chi connectivity index (χ3v) is 11.2. The number of hydrogen-bond donors (Lipinski definition) is 1. The van der Waals surface area contributed by atoms with Crippen molar-refractivity contribution >= 4 is 29.5 Å². The van der Waals surface area contributed by atoms with Crippen LogP contribution in [0, 0.1) is 11.8 Å². The van der Waals surface area contributed by atoms with Crippen molar-refractivity contribution in [2.45, 2.75) is 67.8 Å². The molecule has 3 amide bonds. The highest BCUT2D eigenvalue weighted by Crippen LogP contribution is 2.67. The number of fused-ring (bicyclic) bond motifs is 1. The van der Waals surface area contributed by atoms with Gasteiger partial charge in [0.05, 0.1) is 29.2 Å². The van der Waals surface area contributed by atoms with Gasteiger partial charge in [-0.3, -0.25) is 14.4 Å². The smallest absolute Gasteiger partial charge is 0.247 e. The molecule has 5 rings (SSSR count). The average molecular weight is 602 g/mol. The molecule has 228 valence electrons. The second-order valence-electron chi connectivity index (χ2n) is 12.2. The molecule has 3 fully saturated rings. The fourth-order valence-corrected chi connectivity index (χ4v) is 9.63. The van der Waals surface area contributed by atoms with Crippen molar-refractivity contribution in [1.82, 2.24) is 14.7 Å². The number of aliphatic hydroxyl groups excluding tert-OH is 1. The number of likely N-dealkylation sites (tertiary alicyclic amines) is 1. The van der Waals surface area contributed by atoms with E-state index in [2.05, 4.69) is 13.2 Å². The summed E-state index contributed by atoms with van der Waals surface area (Å²) in [7, 11) is 0. The van der Waals surface area contributed by atoms with E-state index in [4.69, 9.17) is 0 Å². The van der Waals surface area contributed by atoms with E-state index in [1.807, 2.05) is 74.5 Å². The van der Waals surface area contributed by atoms with Crippen LogP contribution in [0.2, 0.25) is 0 Å². The molecule has 2 unspecified atom stereocenters. The number of rotatable bonds is 13. The molecule has 0 radical (unpaired) electrons. The van der Waals surface area contributed by atoms with Gasteiger partial charge < -0.3 is 19.8 Å². The van der Waals surface area contributed by atoms with Gasteiger partial charge in [0.15, 0.2) is 0 Å². The Morgan fingerprint density at radius 1 is 1.02 bits per heavy atom. The molecule has 7 nitrogen and oxygen atoms in total. The van der Waals surface area contributed by atoms with Crippen LogP contribution in [-0.4, -0.2) is 85.3 Å². The molecule has 1 spiro atoms. The largest absolute Gasteiger partial charge is 0.394 e. The van der Waals surface area contributed by atoms with E-state index in [1.54, 1.807) is 38.6 Å². The lowest BCUT2D eigenvalue weighted by Crippen LogP contribution is -2.59. The summed E-state index contributed by atoms with van der Waals surface area (Å²) in [5.74, 6) is -1.57. The molecule has 43 heavy (non-hydrogen) atoms. The molecule has 2 aromatic carbocycles. The second-order valence-corrected chi connectivity index (χ2v) is 13.8. The summed E-state index contributed by atoms with van der Waals surface area (Å²) in [6.45, 7) is 12.6. The van der Waals surface area contributed by atoms with E-state index in [0.717, 1.165) is 17.5 Å². The van der Waals surface area contributed by atoms with Crippen LogP contribution in [0.3, 0.4) is 0 Å². The zero-order chi connectivity index (χ0) is 30.7. The molecule has 3 aliphatic heterocycles. The van der Waals surface area contributed by atoms with Gasteiger partial charge in [-0.2, -0.15) is 0 Å². The molecule has 1 N–H and O–H groups in total. The highest BCUT2D eigenvalue weighted by atomic mass is 32.2. The van der Waals surface area contributed by atoms with Crippen LogP contribution >= 0.6 is 11.8 Å². The van der Waals surface area contributed by atoms with Crippen molar-refractivity contribution in [3.8, 4) is 0 Å². The SMILES string of the molecule is C=CCN(Cc1ccccc1)C(=O)[C@@H]1[C@@H]2CCC3(S2)C(C(=O)N(CC=C)C(C)C)N([C@@H](CO)Cc2ccccc2)C(=O)[C@H]13. The number of amides is 3. The standard InChI is InChI=1S/C35H43N3O4S/c1-5-19-36(22-26-15-11-8-12-16-26)32(40)29-28-17-18-35(43-28)30(29)33(41)38(27(23-39)21-25-13-9-7-10-14-25)31(35)34(42)37(20-6-2)24(3)4/h5-16,24,27-31,39H,1-2,17-23H2,3-4H3/t27-,28+,29-,30+,31?,35?/m1/s1. The Labute approximate surface area is 259 Å². The van der Waals surface area contributed by atoms with Crippen molar-refractivity contribution in [2.75, 3.05) is 19.7 Å². The van der Waals surface area contributed by atoms with Crippen molar-refractivity contribution < 1.29 is 19.5 Å². The number of aliphatic hydroxyl groups is 1. The lowest BCUT2D eigenvalue weighted by Gasteiger charge is -2.40. The summed E-state index contributed by atoms with van der Waals surface area (Å²) in [4.78, 5) is 48.9. The monoisotopic (exact) mass is 601 g/mol. The number of carbonyl (C=O) groups excluding carboxylic acids is 3.